The Morgan fingerprint density at radius 3 is 2.79 bits per heavy atom. The number of rotatable bonds is 4. The van der Waals surface area contributed by atoms with Crippen molar-refractivity contribution in [2.75, 3.05) is 5.75 Å². The SMILES string of the molecule is CC1(C)CSC(=NCc2ccccc2)N1C(=O)/C=C/c1ccco1. The highest BCUT2D eigenvalue weighted by atomic mass is 32.2. The number of hydrogen-bond donors (Lipinski definition) is 0. The molecule has 124 valence electrons. The van der Waals surface area contributed by atoms with Crippen LogP contribution < -0.4 is 0 Å². The van der Waals surface area contributed by atoms with E-state index in [1.807, 2.05) is 36.4 Å². The van der Waals surface area contributed by atoms with Crippen LogP contribution in [-0.2, 0) is 11.3 Å². The number of furan rings is 1. The second-order valence-electron chi connectivity index (χ2n) is 6.21. The molecule has 0 atom stereocenters. The molecule has 0 N–H and O–H groups in total. The Bertz CT molecular complexity index is 749. The summed E-state index contributed by atoms with van der Waals surface area (Å²) in [5.41, 5.74) is 0.874. The minimum atomic E-state index is -0.259. The summed E-state index contributed by atoms with van der Waals surface area (Å²) < 4.78 is 5.24. The molecular weight excluding hydrogens is 320 g/mol. The Morgan fingerprint density at radius 1 is 1.29 bits per heavy atom. The fraction of sp³-hybridized carbons (Fsp3) is 0.263. The van der Waals surface area contributed by atoms with Crippen LogP contribution in [-0.4, -0.2) is 27.3 Å². The number of amidine groups is 1. The number of benzene rings is 1. The molecule has 1 aliphatic heterocycles. The van der Waals surface area contributed by atoms with E-state index in [2.05, 4.69) is 18.8 Å². The van der Waals surface area contributed by atoms with Gasteiger partial charge in [0.1, 0.15) is 5.76 Å². The standard InChI is InChI=1S/C19H20N2O2S/c1-19(2)14-24-18(20-13-15-7-4-3-5-8-15)21(19)17(22)11-10-16-9-6-12-23-16/h3-12H,13-14H2,1-2H3/b11-10+,20-18?. The first kappa shape index (κ1) is 16.6. The lowest BCUT2D eigenvalue weighted by molar-refractivity contribution is -0.124. The van der Waals surface area contributed by atoms with Crippen molar-refractivity contribution in [3.8, 4) is 0 Å². The molecule has 0 radical (unpaired) electrons. The lowest BCUT2D eigenvalue weighted by Gasteiger charge is -2.29. The highest BCUT2D eigenvalue weighted by Gasteiger charge is 2.40. The van der Waals surface area contributed by atoms with Gasteiger partial charge in [0, 0.05) is 11.8 Å². The van der Waals surface area contributed by atoms with Crippen molar-refractivity contribution in [1.29, 1.82) is 0 Å². The topological polar surface area (TPSA) is 45.8 Å². The van der Waals surface area contributed by atoms with Crippen LogP contribution in [0.4, 0.5) is 0 Å². The summed E-state index contributed by atoms with van der Waals surface area (Å²) in [5, 5.41) is 0.776. The van der Waals surface area contributed by atoms with Gasteiger partial charge in [-0.1, -0.05) is 42.1 Å². The molecule has 0 bridgehead atoms. The number of carbonyl (C=O) groups excluding carboxylic acids is 1. The van der Waals surface area contributed by atoms with Crippen molar-refractivity contribution in [2.24, 2.45) is 4.99 Å². The van der Waals surface area contributed by atoms with E-state index in [4.69, 9.17) is 4.42 Å². The first-order valence-corrected chi connectivity index (χ1v) is 8.82. The van der Waals surface area contributed by atoms with Crippen molar-refractivity contribution in [2.45, 2.75) is 25.9 Å². The Kier molecular flexibility index (Phi) is 4.90. The largest absolute Gasteiger partial charge is 0.465 e. The molecule has 5 heteroatoms. The number of hydrogen-bond acceptors (Lipinski definition) is 4. The lowest BCUT2D eigenvalue weighted by Crippen LogP contribution is -2.45. The van der Waals surface area contributed by atoms with E-state index in [-0.39, 0.29) is 11.4 Å². The predicted molar refractivity (Wildman–Crippen MR) is 98.7 cm³/mol. The molecule has 3 rings (SSSR count). The maximum atomic E-state index is 12.7. The average molecular weight is 340 g/mol. The fourth-order valence-corrected chi connectivity index (χ4v) is 3.73. The number of amides is 1. The van der Waals surface area contributed by atoms with E-state index in [9.17, 15) is 4.79 Å². The van der Waals surface area contributed by atoms with Gasteiger partial charge in [0.2, 0.25) is 0 Å². The lowest BCUT2D eigenvalue weighted by atomic mass is 10.1. The van der Waals surface area contributed by atoms with Crippen LogP contribution in [0.5, 0.6) is 0 Å². The molecule has 1 fully saturated rings. The average Bonchev–Trinajstić information content (AvgIpc) is 3.19. The number of thioether (sulfide) groups is 1. The molecule has 24 heavy (non-hydrogen) atoms. The predicted octanol–water partition coefficient (Wildman–Crippen LogP) is 4.20. The van der Waals surface area contributed by atoms with Crippen LogP contribution in [0.2, 0.25) is 0 Å². The monoisotopic (exact) mass is 340 g/mol. The van der Waals surface area contributed by atoms with Crippen molar-refractivity contribution in [3.63, 3.8) is 0 Å². The summed E-state index contributed by atoms with van der Waals surface area (Å²) >= 11 is 1.63. The van der Waals surface area contributed by atoms with E-state index in [0.29, 0.717) is 12.3 Å². The van der Waals surface area contributed by atoms with Gasteiger partial charge in [-0.25, -0.2) is 0 Å². The first-order chi connectivity index (χ1) is 11.6. The van der Waals surface area contributed by atoms with Crippen molar-refractivity contribution in [1.82, 2.24) is 4.90 Å². The van der Waals surface area contributed by atoms with Crippen molar-refractivity contribution in [3.05, 3.63) is 66.1 Å². The zero-order valence-electron chi connectivity index (χ0n) is 13.8. The Balaban J connectivity index is 1.77. The number of carbonyl (C=O) groups is 1. The summed E-state index contributed by atoms with van der Waals surface area (Å²) in [6, 6.07) is 13.7. The second kappa shape index (κ2) is 7.09. The van der Waals surface area contributed by atoms with Gasteiger partial charge in [0.25, 0.3) is 5.91 Å². The van der Waals surface area contributed by atoms with Crippen molar-refractivity contribution >= 4 is 28.9 Å². The molecule has 1 saturated heterocycles. The Hall–Kier alpha value is -2.27. The van der Waals surface area contributed by atoms with E-state index < -0.39 is 0 Å². The van der Waals surface area contributed by atoms with E-state index in [0.717, 1.165) is 16.5 Å². The van der Waals surface area contributed by atoms with Gasteiger partial charge >= 0.3 is 0 Å². The molecular formula is C19H20N2O2S. The van der Waals surface area contributed by atoms with Gasteiger partial charge in [-0.3, -0.25) is 14.7 Å². The minimum Gasteiger partial charge on any atom is -0.465 e. The van der Waals surface area contributed by atoms with E-state index in [1.165, 1.54) is 0 Å². The van der Waals surface area contributed by atoms with Crippen molar-refractivity contribution < 1.29 is 9.21 Å². The van der Waals surface area contributed by atoms with Gasteiger partial charge in [0.05, 0.1) is 18.3 Å². The number of aliphatic imine (C=N–C) groups is 1. The summed E-state index contributed by atoms with van der Waals surface area (Å²) in [7, 11) is 0. The molecule has 0 aliphatic carbocycles. The minimum absolute atomic E-state index is 0.0757. The maximum Gasteiger partial charge on any atom is 0.253 e. The van der Waals surface area contributed by atoms with Gasteiger partial charge in [-0.05, 0) is 37.6 Å². The van der Waals surface area contributed by atoms with Crippen LogP contribution in [0.15, 0.2) is 64.2 Å². The normalized spacial score (nSPS) is 18.6. The van der Waals surface area contributed by atoms with Crippen LogP contribution in [0.1, 0.15) is 25.2 Å². The highest BCUT2D eigenvalue weighted by Crippen LogP contribution is 2.33. The molecule has 2 heterocycles. The third kappa shape index (κ3) is 3.79. The quantitative estimate of drug-likeness (QED) is 0.784. The van der Waals surface area contributed by atoms with Gasteiger partial charge in [0.15, 0.2) is 5.17 Å². The fourth-order valence-electron chi connectivity index (χ4n) is 2.49. The summed E-state index contributed by atoms with van der Waals surface area (Å²) in [4.78, 5) is 19.1. The third-order valence-electron chi connectivity index (χ3n) is 3.74. The first-order valence-electron chi connectivity index (χ1n) is 7.83. The molecule has 2 aromatic rings. The Morgan fingerprint density at radius 2 is 2.08 bits per heavy atom. The van der Waals surface area contributed by atoms with Gasteiger partial charge < -0.3 is 4.42 Å². The molecule has 0 saturated carbocycles. The Labute approximate surface area is 146 Å². The van der Waals surface area contributed by atoms with Gasteiger partial charge in [-0.2, -0.15) is 0 Å². The molecule has 1 amide bonds. The molecule has 1 aromatic heterocycles. The van der Waals surface area contributed by atoms with Crippen LogP contribution in [0.3, 0.4) is 0 Å². The summed E-state index contributed by atoms with van der Waals surface area (Å²) in [6.07, 6.45) is 4.83. The molecule has 0 unspecified atom stereocenters. The zero-order chi connectivity index (χ0) is 17.0. The second-order valence-corrected chi connectivity index (χ2v) is 7.15. The van der Waals surface area contributed by atoms with Gasteiger partial charge in [-0.15, -0.1) is 0 Å². The molecule has 4 nitrogen and oxygen atoms in total. The van der Waals surface area contributed by atoms with Crippen LogP contribution in [0, 0.1) is 0 Å². The summed E-state index contributed by atoms with van der Waals surface area (Å²) in [6.45, 7) is 4.69. The smallest absolute Gasteiger partial charge is 0.253 e. The molecule has 1 aliphatic rings. The van der Waals surface area contributed by atoms with Crippen LogP contribution >= 0.6 is 11.8 Å². The third-order valence-corrected chi connectivity index (χ3v) is 5.17. The number of nitrogens with zero attached hydrogens (tertiary/aromatic N) is 2. The van der Waals surface area contributed by atoms with E-state index in [1.54, 1.807) is 41.1 Å². The molecule has 1 aromatic carbocycles. The molecule has 0 spiro atoms. The van der Waals surface area contributed by atoms with Crippen LogP contribution in [0.25, 0.3) is 6.08 Å². The van der Waals surface area contributed by atoms with E-state index >= 15 is 0 Å². The highest BCUT2D eigenvalue weighted by molar-refractivity contribution is 8.14. The summed E-state index contributed by atoms with van der Waals surface area (Å²) in [5.74, 6) is 1.42. The maximum absolute atomic E-state index is 12.7. The zero-order valence-corrected chi connectivity index (χ0v) is 14.6.